The highest BCUT2D eigenvalue weighted by Crippen LogP contribution is 2.30. The zero-order valence-electron chi connectivity index (χ0n) is 13.6. The van der Waals surface area contributed by atoms with E-state index in [1.54, 1.807) is 0 Å². The Hall–Kier alpha value is -2.38. The Bertz CT molecular complexity index is 858. The number of nitrogens with zero attached hydrogens (tertiary/aromatic N) is 1. The number of carboxylic acids is 1. The zero-order valence-corrected chi connectivity index (χ0v) is 14.4. The zero-order chi connectivity index (χ0) is 17.9. The van der Waals surface area contributed by atoms with Gasteiger partial charge in [-0.15, -0.1) is 0 Å². The minimum Gasteiger partial charge on any atom is -0.487 e. The van der Waals surface area contributed by atoms with Crippen molar-refractivity contribution < 1.29 is 23.1 Å². The van der Waals surface area contributed by atoms with Crippen LogP contribution >= 0.6 is 0 Å². The van der Waals surface area contributed by atoms with Gasteiger partial charge < -0.3 is 9.84 Å². The molecule has 0 saturated carbocycles. The molecule has 0 spiro atoms. The van der Waals surface area contributed by atoms with Gasteiger partial charge in [0, 0.05) is 13.1 Å². The van der Waals surface area contributed by atoms with Gasteiger partial charge in [0.25, 0.3) is 0 Å². The van der Waals surface area contributed by atoms with Crippen molar-refractivity contribution >= 4 is 16.0 Å². The summed E-state index contributed by atoms with van der Waals surface area (Å²) < 4.78 is 32.8. The van der Waals surface area contributed by atoms with Gasteiger partial charge in [-0.25, -0.2) is 13.2 Å². The predicted molar refractivity (Wildman–Crippen MR) is 92.2 cm³/mol. The van der Waals surface area contributed by atoms with Crippen molar-refractivity contribution in [3.63, 3.8) is 0 Å². The number of carboxylic acid groups (broad SMARTS) is 1. The summed E-state index contributed by atoms with van der Waals surface area (Å²) in [7, 11) is -3.70. The standard InChI is InChI=1S/C18H19NO5S/c20-18(21)15-8-9-17(25(22,23)19-10-4-5-11-19)16(12-15)24-13-14-6-2-1-3-7-14/h1-3,6-9,12H,4-5,10-11,13H2,(H,20,21). The molecule has 6 nitrogen and oxygen atoms in total. The van der Waals surface area contributed by atoms with Gasteiger partial charge in [0.2, 0.25) is 10.0 Å². The fourth-order valence-corrected chi connectivity index (χ4v) is 4.40. The van der Waals surface area contributed by atoms with Crippen molar-refractivity contribution in [2.75, 3.05) is 13.1 Å². The molecule has 0 bridgehead atoms. The lowest BCUT2D eigenvalue weighted by molar-refractivity contribution is 0.0696. The summed E-state index contributed by atoms with van der Waals surface area (Å²) in [6, 6.07) is 13.2. The average molecular weight is 361 g/mol. The van der Waals surface area contributed by atoms with Crippen LogP contribution < -0.4 is 4.74 Å². The third kappa shape index (κ3) is 3.83. The van der Waals surface area contributed by atoms with Crippen LogP contribution in [0.5, 0.6) is 5.75 Å². The van der Waals surface area contributed by atoms with Gasteiger partial charge >= 0.3 is 5.97 Å². The first-order valence-electron chi connectivity index (χ1n) is 8.03. The fourth-order valence-electron chi connectivity index (χ4n) is 2.77. The molecular weight excluding hydrogens is 342 g/mol. The van der Waals surface area contributed by atoms with Crippen molar-refractivity contribution in [2.24, 2.45) is 0 Å². The Morgan fingerprint density at radius 2 is 1.76 bits per heavy atom. The number of hydrogen-bond donors (Lipinski definition) is 1. The van der Waals surface area contributed by atoms with E-state index in [2.05, 4.69) is 0 Å². The fraction of sp³-hybridized carbons (Fsp3) is 0.278. The lowest BCUT2D eigenvalue weighted by Crippen LogP contribution is -2.28. The molecule has 1 aliphatic rings. The van der Waals surface area contributed by atoms with E-state index in [1.165, 1.54) is 22.5 Å². The molecular formula is C18H19NO5S. The Morgan fingerprint density at radius 1 is 1.08 bits per heavy atom. The summed E-state index contributed by atoms with van der Waals surface area (Å²) >= 11 is 0. The molecule has 2 aromatic carbocycles. The lowest BCUT2D eigenvalue weighted by Gasteiger charge is -2.18. The molecule has 1 aliphatic heterocycles. The third-order valence-electron chi connectivity index (χ3n) is 4.11. The van der Waals surface area contributed by atoms with Crippen LogP contribution in [0, 0.1) is 0 Å². The molecule has 0 amide bonds. The number of ether oxygens (including phenoxy) is 1. The van der Waals surface area contributed by atoms with Gasteiger partial charge in [0.15, 0.2) is 0 Å². The number of rotatable bonds is 6. The summed E-state index contributed by atoms with van der Waals surface area (Å²) in [4.78, 5) is 11.2. The van der Waals surface area contributed by atoms with Crippen LogP contribution in [0.1, 0.15) is 28.8 Å². The first kappa shape index (κ1) is 17.4. The van der Waals surface area contributed by atoms with Crippen LogP contribution in [0.2, 0.25) is 0 Å². The van der Waals surface area contributed by atoms with Crippen LogP contribution in [-0.2, 0) is 16.6 Å². The monoisotopic (exact) mass is 361 g/mol. The van der Waals surface area contributed by atoms with E-state index in [0.717, 1.165) is 18.4 Å². The minimum atomic E-state index is -3.70. The second-order valence-corrected chi connectivity index (χ2v) is 7.76. The molecule has 25 heavy (non-hydrogen) atoms. The smallest absolute Gasteiger partial charge is 0.335 e. The van der Waals surface area contributed by atoms with E-state index in [0.29, 0.717) is 13.1 Å². The van der Waals surface area contributed by atoms with Crippen molar-refractivity contribution in [1.29, 1.82) is 0 Å². The second-order valence-electron chi connectivity index (χ2n) is 5.85. The van der Waals surface area contributed by atoms with Crippen LogP contribution in [0.15, 0.2) is 53.4 Å². The molecule has 1 saturated heterocycles. The number of sulfonamides is 1. The van der Waals surface area contributed by atoms with Gasteiger partial charge in [0.05, 0.1) is 5.56 Å². The predicted octanol–water partition coefficient (Wildman–Crippen LogP) is 2.75. The van der Waals surface area contributed by atoms with Crippen LogP contribution in [-0.4, -0.2) is 36.9 Å². The van der Waals surface area contributed by atoms with Crippen molar-refractivity contribution in [3.8, 4) is 5.75 Å². The van der Waals surface area contributed by atoms with Crippen molar-refractivity contribution in [3.05, 3.63) is 59.7 Å². The van der Waals surface area contributed by atoms with Crippen LogP contribution in [0.3, 0.4) is 0 Å². The molecule has 1 heterocycles. The first-order chi connectivity index (χ1) is 12.0. The largest absolute Gasteiger partial charge is 0.487 e. The SMILES string of the molecule is O=C(O)c1ccc(S(=O)(=O)N2CCCC2)c(OCc2ccccc2)c1. The second kappa shape index (κ2) is 7.25. The first-order valence-corrected chi connectivity index (χ1v) is 9.47. The number of carbonyl (C=O) groups is 1. The normalized spacial score (nSPS) is 15.2. The van der Waals surface area contributed by atoms with E-state index in [1.807, 2.05) is 30.3 Å². The molecule has 7 heteroatoms. The summed E-state index contributed by atoms with van der Waals surface area (Å²) in [6.07, 6.45) is 1.65. The topological polar surface area (TPSA) is 83.9 Å². The lowest BCUT2D eigenvalue weighted by atomic mass is 10.2. The number of hydrogen-bond acceptors (Lipinski definition) is 4. The molecule has 132 valence electrons. The maximum Gasteiger partial charge on any atom is 0.335 e. The van der Waals surface area contributed by atoms with E-state index >= 15 is 0 Å². The molecule has 0 aliphatic carbocycles. The number of aromatic carboxylic acids is 1. The summed E-state index contributed by atoms with van der Waals surface area (Å²) in [5.41, 5.74) is 0.858. The molecule has 3 rings (SSSR count). The summed E-state index contributed by atoms with van der Waals surface area (Å²) in [5.74, 6) is -1.06. The van der Waals surface area contributed by atoms with Gasteiger partial charge in [0.1, 0.15) is 17.3 Å². The molecule has 0 unspecified atom stereocenters. The third-order valence-corrected chi connectivity index (χ3v) is 6.05. The molecule has 1 N–H and O–H groups in total. The quantitative estimate of drug-likeness (QED) is 0.855. The van der Waals surface area contributed by atoms with Gasteiger partial charge in [-0.2, -0.15) is 4.31 Å². The highest BCUT2D eigenvalue weighted by atomic mass is 32.2. The molecule has 2 aromatic rings. The van der Waals surface area contributed by atoms with Gasteiger partial charge in [-0.05, 0) is 36.6 Å². The van der Waals surface area contributed by atoms with Crippen LogP contribution in [0.4, 0.5) is 0 Å². The Kier molecular flexibility index (Phi) is 5.06. The van der Waals surface area contributed by atoms with Crippen LogP contribution in [0.25, 0.3) is 0 Å². The Labute approximate surface area is 146 Å². The van der Waals surface area contributed by atoms with Gasteiger partial charge in [-0.3, -0.25) is 0 Å². The van der Waals surface area contributed by atoms with E-state index in [-0.39, 0.29) is 22.8 Å². The summed E-state index contributed by atoms with van der Waals surface area (Å²) in [5, 5.41) is 9.18. The number of benzene rings is 2. The molecule has 0 radical (unpaired) electrons. The highest BCUT2D eigenvalue weighted by Gasteiger charge is 2.30. The molecule has 0 atom stereocenters. The Morgan fingerprint density at radius 3 is 2.40 bits per heavy atom. The molecule has 0 aromatic heterocycles. The minimum absolute atomic E-state index is 0.00957. The maximum atomic E-state index is 12.8. The Balaban J connectivity index is 1.95. The van der Waals surface area contributed by atoms with Crippen molar-refractivity contribution in [1.82, 2.24) is 4.31 Å². The highest BCUT2D eigenvalue weighted by molar-refractivity contribution is 7.89. The molecule has 1 fully saturated rings. The average Bonchev–Trinajstić information content (AvgIpc) is 3.16. The summed E-state index contributed by atoms with van der Waals surface area (Å²) in [6.45, 7) is 1.11. The maximum absolute atomic E-state index is 12.8. The van der Waals surface area contributed by atoms with E-state index < -0.39 is 16.0 Å². The van der Waals surface area contributed by atoms with Crippen molar-refractivity contribution in [2.45, 2.75) is 24.3 Å². The van der Waals surface area contributed by atoms with Gasteiger partial charge in [-0.1, -0.05) is 30.3 Å². The van der Waals surface area contributed by atoms with E-state index in [4.69, 9.17) is 4.74 Å². The van der Waals surface area contributed by atoms with E-state index in [9.17, 15) is 18.3 Å².